The Morgan fingerprint density at radius 1 is 1.16 bits per heavy atom. The molecular formula is C23H27N5O7S2. The fourth-order valence-corrected chi connectivity index (χ4v) is 5.05. The monoisotopic (exact) mass is 549 g/mol. The van der Waals surface area contributed by atoms with Crippen molar-refractivity contribution in [3.8, 4) is 0 Å². The number of esters is 2. The predicted molar refractivity (Wildman–Crippen MR) is 136 cm³/mol. The summed E-state index contributed by atoms with van der Waals surface area (Å²) in [4.78, 5) is 50.2. The first-order chi connectivity index (χ1) is 17.7. The number of anilines is 1. The molecule has 198 valence electrons. The second-order valence-corrected chi connectivity index (χ2v) is 9.90. The fourth-order valence-electron chi connectivity index (χ4n) is 3.12. The van der Waals surface area contributed by atoms with Crippen molar-refractivity contribution in [1.29, 1.82) is 0 Å². The van der Waals surface area contributed by atoms with Crippen LogP contribution in [0.4, 0.5) is 5.00 Å². The molecule has 14 heteroatoms. The molecule has 0 saturated heterocycles. The van der Waals surface area contributed by atoms with Crippen molar-refractivity contribution >= 4 is 51.9 Å². The van der Waals surface area contributed by atoms with Gasteiger partial charge in [-0.15, -0.1) is 21.5 Å². The molecule has 1 atom stereocenters. The number of thiophene rings is 1. The highest BCUT2D eigenvalue weighted by Gasteiger charge is 2.29. The summed E-state index contributed by atoms with van der Waals surface area (Å²) in [5, 5.41) is 13.6. The molecule has 3 heterocycles. The maximum absolute atomic E-state index is 13.0. The predicted octanol–water partition coefficient (Wildman–Crippen LogP) is 3.18. The molecule has 2 N–H and O–H groups in total. The minimum absolute atomic E-state index is 0.109. The highest BCUT2D eigenvalue weighted by Crippen LogP contribution is 2.35. The molecule has 0 aliphatic carbocycles. The lowest BCUT2D eigenvalue weighted by Crippen LogP contribution is -2.24. The Hall–Kier alpha value is -3.65. The molecule has 2 amide bonds. The first-order valence-electron chi connectivity index (χ1n) is 11.3. The van der Waals surface area contributed by atoms with Gasteiger partial charge in [0.2, 0.25) is 5.91 Å². The van der Waals surface area contributed by atoms with Gasteiger partial charge in [-0.3, -0.25) is 9.59 Å². The van der Waals surface area contributed by atoms with E-state index in [1.54, 1.807) is 51.4 Å². The number of ether oxygens (including phenoxy) is 2. The summed E-state index contributed by atoms with van der Waals surface area (Å²) in [5.74, 6) is -1.36. The third-order valence-electron chi connectivity index (χ3n) is 5.05. The van der Waals surface area contributed by atoms with Gasteiger partial charge >= 0.3 is 11.9 Å². The summed E-state index contributed by atoms with van der Waals surface area (Å²) in [6, 6.07) is 3.16. The second kappa shape index (κ2) is 12.5. The summed E-state index contributed by atoms with van der Waals surface area (Å²) in [7, 11) is 1.72. The van der Waals surface area contributed by atoms with E-state index >= 15 is 0 Å². The zero-order valence-corrected chi connectivity index (χ0v) is 22.6. The van der Waals surface area contributed by atoms with Gasteiger partial charge in [0.15, 0.2) is 16.7 Å². The standard InChI is InChI=1S/C23H27N5O7S2/c1-6-33-21(31)16-12(3)17(22(32)34-7-2)37-20(16)25-18(29)13(4)36-23-27-26-15(28(23)5)11-24-19(30)14-9-8-10-35-14/h8-10,13H,6-7,11H2,1-5H3,(H,24,30)(H,25,29)/t13-/m0/s1. The quantitative estimate of drug-likeness (QED) is 0.269. The Labute approximate surface area is 221 Å². The summed E-state index contributed by atoms with van der Waals surface area (Å²) < 4.78 is 16.9. The summed E-state index contributed by atoms with van der Waals surface area (Å²) in [6.07, 6.45) is 1.41. The Morgan fingerprint density at radius 2 is 1.86 bits per heavy atom. The molecule has 3 rings (SSSR count). The maximum Gasteiger partial charge on any atom is 0.348 e. The van der Waals surface area contributed by atoms with Crippen LogP contribution in [0.1, 0.15) is 62.7 Å². The molecule has 0 unspecified atom stereocenters. The number of hydrogen-bond donors (Lipinski definition) is 2. The van der Waals surface area contributed by atoms with Crippen molar-refractivity contribution in [2.24, 2.45) is 7.05 Å². The number of amides is 2. The minimum atomic E-state index is -0.642. The van der Waals surface area contributed by atoms with Crippen LogP contribution in [0, 0.1) is 6.92 Å². The molecule has 0 aliphatic rings. The number of carbonyl (C=O) groups excluding carboxylic acids is 4. The number of aromatic nitrogens is 3. The normalized spacial score (nSPS) is 11.6. The van der Waals surface area contributed by atoms with Crippen LogP contribution in [0.2, 0.25) is 0 Å². The van der Waals surface area contributed by atoms with Gasteiger partial charge in [-0.2, -0.15) is 0 Å². The first-order valence-corrected chi connectivity index (χ1v) is 13.0. The molecule has 0 bridgehead atoms. The number of furan rings is 1. The Bertz CT molecular complexity index is 1280. The maximum atomic E-state index is 13.0. The Morgan fingerprint density at radius 3 is 2.51 bits per heavy atom. The number of hydrogen-bond acceptors (Lipinski definition) is 11. The Kier molecular flexibility index (Phi) is 9.47. The molecule has 0 spiro atoms. The van der Waals surface area contributed by atoms with Crippen LogP contribution < -0.4 is 10.6 Å². The SMILES string of the molecule is CCOC(=O)c1sc(NC(=O)[C@H](C)Sc2nnc(CNC(=O)c3ccco3)n2C)c(C(=O)OCC)c1C. The van der Waals surface area contributed by atoms with Crippen LogP contribution in [-0.2, 0) is 27.9 Å². The highest BCUT2D eigenvalue weighted by molar-refractivity contribution is 8.00. The summed E-state index contributed by atoms with van der Waals surface area (Å²) in [6.45, 7) is 7.04. The van der Waals surface area contributed by atoms with E-state index in [1.807, 2.05) is 0 Å². The molecule has 3 aromatic heterocycles. The fraction of sp³-hybridized carbons (Fsp3) is 0.391. The van der Waals surface area contributed by atoms with Crippen molar-refractivity contribution in [3.63, 3.8) is 0 Å². The van der Waals surface area contributed by atoms with Crippen LogP contribution in [0.5, 0.6) is 0 Å². The van der Waals surface area contributed by atoms with Crippen molar-refractivity contribution in [3.05, 3.63) is 46.0 Å². The average molecular weight is 550 g/mol. The number of nitrogens with zero attached hydrogens (tertiary/aromatic N) is 3. The third-order valence-corrected chi connectivity index (χ3v) is 7.37. The smallest absolute Gasteiger partial charge is 0.348 e. The van der Waals surface area contributed by atoms with E-state index in [0.717, 1.165) is 23.1 Å². The molecule has 0 aliphatic heterocycles. The lowest BCUT2D eigenvalue weighted by atomic mass is 10.1. The van der Waals surface area contributed by atoms with Gasteiger partial charge in [0.25, 0.3) is 5.91 Å². The molecule has 0 saturated carbocycles. The van der Waals surface area contributed by atoms with Gasteiger partial charge in [0.1, 0.15) is 9.88 Å². The zero-order valence-electron chi connectivity index (χ0n) is 20.9. The first kappa shape index (κ1) is 27.9. The lowest BCUT2D eigenvalue weighted by molar-refractivity contribution is -0.115. The topological polar surface area (TPSA) is 155 Å². The van der Waals surface area contributed by atoms with Crippen molar-refractivity contribution < 1.29 is 33.1 Å². The van der Waals surface area contributed by atoms with Gasteiger partial charge in [-0.05, 0) is 45.4 Å². The van der Waals surface area contributed by atoms with Gasteiger partial charge in [-0.25, -0.2) is 9.59 Å². The van der Waals surface area contributed by atoms with E-state index in [9.17, 15) is 19.2 Å². The van der Waals surface area contributed by atoms with E-state index in [0.29, 0.717) is 16.5 Å². The van der Waals surface area contributed by atoms with Crippen LogP contribution in [0.15, 0.2) is 28.0 Å². The van der Waals surface area contributed by atoms with E-state index < -0.39 is 23.1 Å². The second-order valence-electron chi connectivity index (χ2n) is 7.57. The van der Waals surface area contributed by atoms with Crippen molar-refractivity contribution in [2.45, 2.75) is 44.6 Å². The summed E-state index contributed by atoms with van der Waals surface area (Å²) >= 11 is 2.10. The summed E-state index contributed by atoms with van der Waals surface area (Å²) in [5.41, 5.74) is 0.501. The highest BCUT2D eigenvalue weighted by atomic mass is 32.2. The largest absolute Gasteiger partial charge is 0.462 e. The van der Waals surface area contributed by atoms with Gasteiger partial charge in [-0.1, -0.05) is 11.8 Å². The van der Waals surface area contributed by atoms with Gasteiger partial charge in [0.05, 0.1) is 36.8 Å². The lowest BCUT2D eigenvalue weighted by Gasteiger charge is -2.12. The van der Waals surface area contributed by atoms with Crippen LogP contribution in [0.3, 0.4) is 0 Å². The van der Waals surface area contributed by atoms with E-state index in [1.165, 1.54) is 6.26 Å². The molecule has 37 heavy (non-hydrogen) atoms. The van der Waals surface area contributed by atoms with Crippen molar-refractivity contribution in [2.75, 3.05) is 18.5 Å². The molecule has 0 aromatic carbocycles. The minimum Gasteiger partial charge on any atom is -0.462 e. The average Bonchev–Trinajstić information content (AvgIpc) is 3.58. The van der Waals surface area contributed by atoms with Gasteiger partial charge in [0, 0.05) is 7.05 Å². The Balaban J connectivity index is 1.70. The van der Waals surface area contributed by atoms with Crippen molar-refractivity contribution in [1.82, 2.24) is 20.1 Å². The number of rotatable bonds is 11. The third kappa shape index (κ3) is 6.57. The van der Waals surface area contributed by atoms with Crippen LogP contribution in [-0.4, -0.2) is 57.0 Å². The van der Waals surface area contributed by atoms with E-state index in [2.05, 4.69) is 20.8 Å². The number of nitrogens with one attached hydrogen (secondary N) is 2. The molecule has 0 fully saturated rings. The van der Waals surface area contributed by atoms with E-state index in [4.69, 9.17) is 13.9 Å². The molecule has 0 radical (unpaired) electrons. The van der Waals surface area contributed by atoms with Crippen LogP contribution in [0.25, 0.3) is 0 Å². The zero-order chi connectivity index (χ0) is 27.1. The molecular weight excluding hydrogens is 522 g/mol. The number of carbonyl (C=O) groups is 4. The molecule has 3 aromatic rings. The van der Waals surface area contributed by atoms with Crippen LogP contribution >= 0.6 is 23.1 Å². The van der Waals surface area contributed by atoms with E-state index in [-0.39, 0.29) is 46.9 Å². The number of thioether (sulfide) groups is 1. The van der Waals surface area contributed by atoms with Gasteiger partial charge < -0.3 is 29.1 Å². The molecule has 12 nitrogen and oxygen atoms in total.